The number of hydrogen-bond donors (Lipinski definition) is 3. The SMILES string of the molecule is O=C(NCC(O)C(F)F)c1nn[nH]n1. The Morgan fingerprint density at radius 2 is 2.36 bits per heavy atom. The maximum Gasteiger partial charge on any atom is 0.292 e. The fraction of sp³-hybridized carbons (Fsp3) is 0.600. The monoisotopic (exact) mass is 207 g/mol. The molecule has 0 radical (unpaired) electrons. The van der Waals surface area contributed by atoms with Crippen LogP contribution in [-0.4, -0.2) is 50.7 Å². The molecule has 1 heterocycles. The van der Waals surface area contributed by atoms with E-state index in [0.29, 0.717) is 0 Å². The highest BCUT2D eigenvalue weighted by Gasteiger charge is 2.19. The van der Waals surface area contributed by atoms with Gasteiger partial charge >= 0.3 is 0 Å². The molecule has 1 aromatic heterocycles. The molecule has 0 saturated heterocycles. The van der Waals surface area contributed by atoms with Gasteiger partial charge in [-0.3, -0.25) is 4.79 Å². The Morgan fingerprint density at radius 1 is 1.64 bits per heavy atom. The van der Waals surface area contributed by atoms with Crippen molar-refractivity contribution < 1.29 is 18.7 Å². The Kier molecular flexibility index (Phi) is 3.40. The van der Waals surface area contributed by atoms with Crippen LogP contribution in [0.15, 0.2) is 0 Å². The summed E-state index contributed by atoms with van der Waals surface area (Å²) in [5.74, 6) is -1.05. The van der Waals surface area contributed by atoms with E-state index in [1.807, 2.05) is 10.5 Å². The van der Waals surface area contributed by atoms with E-state index in [4.69, 9.17) is 5.11 Å². The summed E-state index contributed by atoms with van der Waals surface area (Å²) in [5.41, 5.74) is 0. The topological polar surface area (TPSA) is 104 Å². The lowest BCUT2D eigenvalue weighted by Crippen LogP contribution is -2.36. The second-order valence-electron chi connectivity index (χ2n) is 2.35. The predicted molar refractivity (Wildman–Crippen MR) is 38.5 cm³/mol. The Morgan fingerprint density at radius 3 is 2.86 bits per heavy atom. The van der Waals surface area contributed by atoms with Gasteiger partial charge in [0.05, 0.1) is 0 Å². The minimum absolute atomic E-state index is 0.272. The van der Waals surface area contributed by atoms with Crippen LogP contribution in [0.2, 0.25) is 0 Å². The molecule has 14 heavy (non-hydrogen) atoms. The zero-order valence-corrected chi connectivity index (χ0v) is 6.81. The zero-order chi connectivity index (χ0) is 10.6. The molecule has 1 aromatic rings. The summed E-state index contributed by atoms with van der Waals surface area (Å²) >= 11 is 0. The van der Waals surface area contributed by atoms with Crippen LogP contribution in [0.5, 0.6) is 0 Å². The normalized spacial score (nSPS) is 12.9. The summed E-state index contributed by atoms with van der Waals surface area (Å²) in [6.07, 6.45) is -4.80. The molecule has 0 saturated carbocycles. The van der Waals surface area contributed by atoms with E-state index >= 15 is 0 Å². The Balaban J connectivity index is 2.36. The van der Waals surface area contributed by atoms with Crippen LogP contribution in [0.25, 0.3) is 0 Å². The number of hydrogen-bond acceptors (Lipinski definition) is 5. The van der Waals surface area contributed by atoms with Crippen molar-refractivity contribution in [2.75, 3.05) is 6.54 Å². The highest BCUT2D eigenvalue weighted by molar-refractivity contribution is 5.89. The molecule has 0 bridgehead atoms. The first-order valence-electron chi connectivity index (χ1n) is 3.59. The van der Waals surface area contributed by atoms with Crippen molar-refractivity contribution in [3.05, 3.63) is 5.82 Å². The summed E-state index contributed by atoms with van der Waals surface area (Å²) in [4.78, 5) is 11.0. The number of aliphatic hydroxyl groups is 1. The molecule has 1 unspecified atom stereocenters. The zero-order valence-electron chi connectivity index (χ0n) is 6.81. The van der Waals surface area contributed by atoms with Crippen molar-refractivity contribution in [2.45, 2.75) is 12.5 Å². The maximum atomic E-state index is 11.8. The lowest BCUT2D eigenvalue weighted by molar-refractivity contribution is -0.00275. The van der Waals surface area contributed by atoms with Gasteiger partial charge in [-0.25, -0.2) is 8.78 Å². The number of tetrazole rings is 1. The standard InChI is InChI=1S/C5H7F2N5O2/c6-3(7)2(13)1-8-5(14)4-9-11-12-10-4/h2-3,13H,1H2,(H,8,14)(H,9,10,11,12). The quantitative estimate of drug-likeness (QED) is 0.560. The highest BCUT2D eigenvalue weighted by atomic mass is 19.3. The first-order chi connectivity index (χ1) is 6.61. The van der Waals surface area contributed by atoms with Gasteiger partial charge < -0.3 is 10.4 Å². The molecular formula is C5H7F2N5O2. The van der Waals surface area contributed by atoms with Crippen molar-refractivity contribution in [1.29, 1.82) is 0 Å². The largest absolute Gasteiger partial charge is 0.385 e. The fourth-order valence-corrected chi connectivity index (χ4v) is 0.623. The van der Waals surface area contributed by atoms with Gasteiger partial charge in [-0.2, -0.15) is 5.21 Å². The van der Waals surface area contributed by atoms with Gasteiger partial charge in [0.2, 0.25) is 0 Å². The van der Waals surface area contributed by atoms with E-state index in [0.717, 1.165) is 0 Å². The summed E-state index contributed by atoms with van der Waals surface area (Å²) in [6.45, 7) is -0.564. The number of H-pyrrole nitrogens is 1. The molecule has 0 spiro atoms. The van der Waals surface area contributed by atoms with Crippen molar-refractivity contribution in [2.24, 2.45) is 0 Å². The number of halogens is 2. The average molecular weight is 207 g/mol. The molecular weight excluding hydrogens is 200 g/mol. The summed E-state index contributed by atoms with van der Waals surface area (Å²) < 4.78 is 23.5. The molecule has 1 rings (SSSR count). The number of aromatic nitrogens is 4. The molecule has 0 fully saturated rings. The summed E-state index contributed by atoms with van der Waals surface area (Å²) in [6, 6.07) is 0. The third-order valence-electron chi connectivity index (χ3n) is 1.31. The minimum Gasteiger partial charge on any atom is -0.385 e. The Bertz CT molecular complexity index is 290. The van der Waals surface area contributed by atoms with Crippen molar-refractivity contribution in [1.82, 2.24) is 25.9 Å². The number of nitrogens with zero attached hydrogens (tertiary/aromatic N) is 3. The summed E-state index contributed by atoms with van der Waals surface area (Å²) in [5, 5.41) is 22.4. The lowest BCUT2D eigenvalue weighted by atomic mass is 10.3. The third kappa shape index (κ3) is 2.69. The number of carbonyl (C=O) groups excluding carboxylic acids is 1. The maximum absolute atomic E-state index is 11.8. The van der Waals surface area contributed by atoms with Crippen molar-refractivity contribution in [3.8, 4) is 0 Å². The molecule has 9 heteroatoms. The van der Waals surface area contributed by atoms with Crippen LogP contribution >= 0.6 is 0 Å². The van der Waals surface area contributed by atoms with Crippen molar-refractivity contribution in [3.63, 3.8) is 0 Å². The molecule has 0 aliphatic heterocycles. The first kappa shape index (κ1) is 10.4. The number of alkyl halides is 2. The minimum atomic E-state index is -2.90. The van der Waals surface area contributed by atoms with Gasteiger partial charge in [-0.1, -0.05) is 0 Å². The van der Waals surface area contributed by atoms with E-state index in [-0.39, 0.29) is 5.82 Å². The number of nitrogens with one attached hydrogen (secondary N) is 2. The number of rotatable bonds is 4. The van der Waals surface area contributed by atoms with Gasteiger partial charge in [0.25, 0.3) is 18.2 Å². The van der Waals surface area contributed by atoms with Crippen LogP contribution in [-0.2, 0) is 0 Å². The van der Waals surface area contributed by atoms with Crippen LogP contribution in [0.4, 0.5) is 8.78 Å². The first-order valence-corrected chi connectivity index (χ1v) is 3.59. The molecule has 1 amide bonds. The number of aliphatic hydroxyl groups excluding tert-OH is 1. The predicted octanol–water partition coefficient (Wildman–Crippen LogP) is -1.44. The van der Waals surface area contributed by atoms with Gasteiger partial charge in [0.15, 0.2) is 0 Å². The van der Waals surface area contributed by atoms with Gasteiger partial charge in [0, 0.05) is 6.54 Å². The van der Waals surface area contributed by atoms with Gasteiger partial charge in [-0.15, -0.1) is 10.2 Å². The van der Waals surface area contributed by atoms with E-state index < -0.39 is 25.0 Å². The number of amides is 1. The molecule has 78 valence electrons. The Labute approximate surface area is 76.5 Å². The second-order valence-corrected chi connectivity index (χ2v) is 2.35. The van der Waals surface area contributed by atoms with Crippen LogP contribution in [0.3, 0.4) is 0 Å². The Hall–Kier alpha value is -1.64. The smallest absolute Gasteiger partial charge is 0.292 e. The molecule has 0 aliphatic carbocycles. The molecule has 1 atom stereocenters. The van der Waals surface area contributed by atoms with E-state index in [2.05, 4.69) is 15.4 Å². The summed E-state index contributed by atoms with van der Waals surface area (Å²) in [7, 11) is 0. The fourth-order valence-electron chi connectivity index (χ4n) is 0.623. The van der Waals surface area contributed by atoms with Gasteiger partial charge in [-0.05, 0) is 5.21 Å². The molecule has 0 aliphatic rings. The van der Waals surface area contributed by atoms with Gasteiger partial charge in [0.1, 0.15) is 6.10 Å². The lowest BCUT2D eigenvalue weighted by Gasteiger charge is -2.08. The third-order valence-corrected chi connectivity index (χ3v) is 1.31. The van der Waals surface area contributed by atoms with E-state index in [9.17, 15) is 13.6 Å². The number of aromatic amines is 1. The van der Waals surface area contributed by atoms with Crippen molar-refractivity contribution >= 4 is 5.91 Å². The van der Waals surface area contributed by atoms with E-state index in [1.54, 1.807) is 0 Å². The van der Waals surface area contributed by atoms with Crippen LogP contribution in [0.1, 0.15) is 10.6 Å². The second kappa shape index (κ2) is 4.56. The van der Waals surface area contributed by atoms with E-state index in [1.165, 1.54) is 0 Å². The number of carbonyl (C=O) groups is 1. The van der Waals surface area contributed by atoms with Crippen LogP contribution in [0, 0.1) is 0 Å². The molecule has 7 nitrogen and oxygen atoms in total. The molecule has 0 aromatic carbocycles. The molecule has 3 N–H and O–H groups in total. The average Bonchev–Trinajstić information content (AvgIpc) is 2.66. The van der Waals surface area contributed by atoms with Crippen LogP contribution < -0.4 is 5.32 Å². The highest BCUT2D eigenvalue weighted by Crippen LogP contribution is 1.98.